The van der Waals surface area contributed by atoms with E-state index in [4.69, 9.17) is 20.3 Å². The molecule has 6 heteroatoms. The molecule has 192 valence electrons. The number of nitrogens with zero attached hydrogens (tertiary/aromatic N) is 4. The molecule has 1 aromatic heterocycles. The van der Waals surface area contributed by atoms with Crippen LogP contribution < -0.4 is 4.98 Å². The molecule has 0 aliphatic carbocycles. The number of Topliss-reactive ketones (excluding diaryl/α,β-unsaturated/α-hetero) is 1. The maximum Gasteiger partial charge on any atom is 2.00 e. The molecular formula is C31H32N4NiO. The van der Waals surface area contributed by atoms with E-state index in [2.05, 4.69) is 46.8 Å². The van der Waals surface area contributed by atoms with E-state index in [0.717, 1.165) is 70.9 Å². The Morgan fingerprint density at radius 1 is 0.811 bits per heavy atom. The molecule has 5 nitrogen and oxygen atoms in total. The van der Waals surface area contributed by atoms with Crippen molar-refractivity contribution in [3.05, 3.63) is 103 Å². The van der Waals surface area contributed by atoms with E-state index in [0.29, 0.717) is 17.1 Å². The Morgan fingerprint density at radius 2 is 1.49 bits per heavy atom. The number of carbonyl (C=O) groups excluding carboxylic acids is 1. The molecule has 37 heavy (non-hydrogen) atoms. The molecule has 0 amide bonds. The third-order valence-corrected chi connectivity index (χ3v) is 7.42. The maximum absolute atomic E-state index is 13.6. The van der Waals surface area contributed by atoms with Gasteiger partial charge >= 0.3 is 16.5 Å². The zero-order chi connectivity index (χ0) is 25.6. The molecule has 0 N–H and O–H groups in total. The van der Waals surface area contributed by atoms with Crippen LogP contribution in [0.2, 0.25) is 0 Å². The van der Waals surface area contributed by atoms with Crippen LogP contribution in [-0.2, 0) is 22.9 Å². The summed E-state index contributed by atoms with van der Waals surface area (Å²) in [4.78, 5) is 28.5. The van der Waals surface area contributed by atoms with Gasteiger partial charge in [0.2, 0.25) is 0 Å². The Labute approximate surface area is 229 Å². The molecule has 4 aliphatic heterocycles. The van der Waals surface area contributed by atoms with Gasteiger partial charge in [-0.1, -0.05) is 80.6 Å². The summed E-state index contributed by atoms with van der Waals surface area (Å²) in [5.74, 6) is -0.152. The average molecular weight is 535 g/mol. The van der Waals surface area contributed by atoms with Crippen LogP contribution in [0.15, 0.2) is 85.4 Å². The molecule has 0 unspecified atom stereocenters. The molecule has 5 heterocycles. The predicted molar refractivity (Wildman–Crippen MR) is 148 cm³/mol. The van der Waals surface area contributed by atoms with Gasteiger partial charge in [-0.05, 0) is 67.9 Å². The van der Waals surface area contributed by atoms with Gasteiger partial charge in [-0.3, -0.25) is 4.79 Å². The molecule has 0 radical (unpaired) electrons. The summed E-state index contributed by atoms with van der Waals surface area (Å²) in [6.07, 6.45) is 15.2. The van der Waals surface area contributed by atoms with Crippen molar-refractivity contribution in [2.75, 3.05) is 0 Å². The number of rotatable bonds is 4. The van der Waals surface area contributed by atoms with Crippen molar-refractivity contribution in [3.63, 3.8) is 0 Å². The number of hydrogen-bond donors (Lipinski definition) is 0. The van der Waals surface area contributed by atoms with Crippen molar-refractivity contribution in [1.29, 1.82) is 0 Å². The molecule has 8 bridgehead atoms. The summed E-state index contributed by atoms with van der Waals surface area (Å²) in [7, 11) is 0. The van der Waals surface area contributed by atoms with E-state index in [9.17, 15) is 4.79 Å². The van der Waals surface area contributed by atoms with Crippen LogP contribution in [0, 0.1) is 6.92 Å². The molecule has 4 aliphatic rings. The monoisotopic (exact) mass is 534 g/mol. The first-order valence-corrected chi connectivity index (χ1v) is 13.0. The number of fused-ring (bicyclic) bond motifs is 6. The van der Waals surface area contributed by atoms with E-state index in [1.165, 1.54) is 16.7 Å². The molecule has 0 saturated heterocycles. The molecular weight excluding hydrogens is 503 g/mol. The van der Waals surface area contributed by atoms with Gasteiger partial charge in [-0.25, -0.2) is 9.98 Å². The summed E-state index contributed by atoms with van der Waals surface area (Å²) in [5.41, 5.74) is 13.0. The van der Waals surface area contributed by atoms with Crippen LogP contribution >= 0.6 is 0 Å². The number of hydrogen-bond acceptors (Lipinski definition) is 3. The average Bonchev–Trinajstić information content (AvgIpc) is 3.48. The van der Waals surface area contributed by atoms with E-state index in [-0.39, 0.29) is 22.3 Å². The topological polar surface area (TPSA) is 70.0 Å². The Morgan fingerprint density at radius 3 is 2.16 bits per heavy atom. The number of ketones is 1. The van der Waals surface area contributed by atoms with Gasteiger partial charge in [-0.15, -0.1) is 11.4 Å². The smallest absolute Gasteiger partial charge is 0.655 e. The molecule has 5 rings (SSSR count). The second-order valence-electron chi connectivity index (χ2n) is 9.40. The van der Waals surface area contributed by atoms with Gasteiger partial charge in [0, 0.05) is 0 Å². The second kappa shape index (κ2) is 10.6. The minimum atomic E-state index is -0.152. The van der Waals surface area contributed by atoms with Crippen LogP contribution in [0.5, 0.6) is 0 Å². The third-order valence-electron chi connectivity index (χ3n) is 7.42. The first-order valence-electron chi connectivity index (χ1n) is 13.0. The van der Waals surface area contributed by atoms with E-state index in [1.54, 1.807) is 6.08 Å². The van der Waals surface area contributed by atoms with Gasteiger partial charge in [0.25, 0.3) is 0 Å². The zero-order valence-corrected chi connectivity index (χ0v) is 23.3. The summed E-state index contributed by atoms with van der Waals surface area (Å²) in [6.45, 7) is 12.7. The Hall–Kier alpha value is -3.24. The summed E-state index contributed by atoms with van der Waals surface area (Å²) in [5, 5.41) is 4.69. The van der Waals surface area contributed by atoms with Crippen LogP contribution in [0.4, 0.5) is 0 Å². The van der Waals surface area contributed by atoms with Gasteiger partial charge in [-0.2, -0.15) is 0 Å². The Kier molecular flexibility index (Phi) is 7.70. The fraction of sp³-hybridized carbons (Fsp3) is 0.323. The number of aromatic nitrogens is 1. The summed E-state index contributed by atoms with van der Waals surface area (Å²) < 4.78 is 0. The van der Waals surface area contributed by atoms with Crippen molar-refractivity contribution >= 4 is 23.3 Å². The molecule has 0 spiro atoms. The molecule has 0 saturated carbocycles. The largest absolute Gasteiger partial charge is 2.00 e. The fourth-order valence-electron chi connectivity index (χ4n) is 5.51. The van der Waals surface area contributed by atoms with E-state index >= 15 is 0 Å². The summed E-state index contributed by atoms with van der Waals surface area (Å²) in [6, 6.07) is 0. The standard InChI is InChI=1S/C31H33N4O.Ni/c1-7-20-17(5)25-14-19-12-11-13-24(32-19)31(36)30-18(6)21(8-2)27(35-30)16-29-23(10-4)22(9-3)28(34-29)15-26(20)33-25;/h11-16H,7-10H2,1-6H3,(H-,32,33,34,35,36);/q-1;+2/p-1. The van der Waals surface area contributed by atoms with Crippen molar-refractivity contribution < 1.29 is 21.3 Å². The predicted octanol–water partition coefficient (Wildman–Crippen LogP) is 7.40. The number of allylic oxidation sites excluding steroid dienone is 10. The zero-order valence-electron chi connectivity index (χ0n) is 22.3. The van der Waals surface area contributed by atoms with Crippen LogP contribution in [0.3, 0.4) is 0 Å². The van der Waals surface area contributed by atoms with Crippen molar-refractivity contribution in [2.45, 2.75) is 67.2 Å². The Balaban J connectivity index is 0.00000320. The second-order valence-corrected chi connectivity index (χ2v) is 9.40. The summed E-state index contributed by atoms with van der Waals surface area (Å²) >= 11 is 0. The third kappa shape index (κ3) is 4.53. The molecule has 0 atom stereocenters. The van der Waals surface area contributed by atoms with Gasteiger partial charge in [0.05, 0.1) is 22.8 Å². The van der Waals surface area contributed by atoms with Gasteiger partial charge in [0.15, 0.2) is 0 Å². The van der Waals surface area contributed by atoms with Crippen molar-refractivity contribution in [1.82, 2.24) is 4.98 Å². The van der Waals surface area contributed by atoms with Crippen LogP contribution in [0.1, 0.15) is 81.2 Å². The Bertz CT molecular complexity index is 1460. The number of carbonyl (C=O) groups is 1. The first kappa shape index (κ1) is 26.8. The molecule has 0 aromatic carbocycles. The quantitative estimate of drug-likeness (QED) is 0.377. The molecule has 0 fully saturated rings. The van der Waals surface area contributed by atoms with Gasteiger partial charge < -0.3 is 10.3 Å². The maximum atomic E-state index is 13.6. The van der Waals surface area contributed by atoms with Crippen molar-refractivity contribution in [2.24, 2.45) is 9.98 Å². The minimum Gasteiger partial charge on any atom is -0.655 e. The molecule has 1 aromatic rings. The van der Waals surface area contributed by atoms with Crippen LogP contribution in [-0.4, -0.2) is 17.2 Å². The minimum absolute atomic E-state index is 0. The normalized spacial score (nSPS) is 18.6. The van der Waals surface area contributed by atoms with E-state index in [1.807, 2.05) is 25.2 Å². The van der Waals surface area contributed by atoms with Crippen molar-refractivity contribution in [3.8, 4) is 0 Å². The SMILES string of the molecule is CCC1=C(C)C2=NC1=CC1=NC(=Cc3[n-]c(c(C)c3CC)C(=O)C3=CC=CC(=C2)[N-]3)C(CC)=C1CC.[Ni+2]. The number of aliphatic imine (C=N–C) groups is 2. The van der Waals surface area contributed by atoms with Crippen LogP contribution in [0.25, 0.3) is 11.4 Å². The fourth-order valence-corrected chi connectivity index (χ4v) is 5.51. The first-order chi connectivity index (χ1) is 17.4. The van der Waals surface area contributed by atoms with Gasteiger partial charge in [0.1, 0.15) is 5.78 Å². The van der Waals surface area contributed by atoms with E-state index < -0.39 is 0 Å².